The average Bonchev–Trinajstić information content (AvgIpc) is 2.51. The molecule has 0 radical (unpaired) electrons. The van der Waals surface area contributed by atoms with Crippen LogP contribution in [0.3, 0.4) is 0 Å². The molecule has 6 heteroatoms. The van der Waals surface area contributed by atoms with E-state index in [0.29, 0.717) is 12.1 Å². The summed E-state index contributed by atoms with van der Waals surface area (Å²) in [5.74, 6) is -0.780. The number of aromatic amines is 1. The van der Waals surface area contributed by atoms with E-state index in [1.54, 1.807) is 0 Å². The summed E-state index contributed by atoms with van der Waals surface area (Å²) in [6.45, 7) is 0. The zero-order valence-corrected chi connectivity index (χ0v) is 6.69. The normalized spacial score (nSPS) is 20.6. The maximum absolute atomic E-state index is 10.6. The number of carboxylic acid groups (broad SMARTS) is 1. The molecule has 0 spiro atoms. The Bertz CT molecular complexity index is 382. The Hall–Kier alpha value is -1.85. The summed E-state index contributed by atoms with van der Waals surface area (Å²) in [5, 5.41) is 8.72. The first-order valence-electron chi connectivity index (χ1n) is 3.77. The predicted molar refractivity (Wildman–Crippen MR) is 44.4 cm³/mol. The first kappa shape index (κ1) is 7.78. The molecule has 2 heterocycles. The molecule has 0 unspecified atom stereocenters. The minimum Gasteiger partial charge on any atom is -0.480 e. The summed E-state index contributed by atoms with van der Waals surface area (Å²) in [6, 6.07) is -0.784. The van der Waals surface area contributed by atoms with E-state index in [0.717, 1.165) is 5.69 Å². The molecule has 4 N–H and O–H groups in total. The quantitative estimate of drug-likeness (QED) is 0.522. The molecule has 1 aromatic rings. The van der Waals surface area contributed by atoms with Gasteiger partial charge >= 0.3 is 5.97 Å². The highest BCUT2D eigenvalue weighted by molar-refractivity contribution is 5.99. The minimum absolute atomic E-state index is 0.190. The van der Waals surface area contributed by atoms with E-state index >= 15 is 0 Å². The number of hydrogen-bond donors (Lipinski definition) is 3. The van der Waals surface area contributed by atoms with E-state index in [2.05, 4.69) is 15.0 Å². The van der Waals surface area contributed by atoms with Crippen molar-refractivity contribution in [1.29, 1.82) is 0 Å². The van der Waals surface area contributed by atoms with Crippen LogP contribution in [-0.2, 0) is 11.2 Å². The predicted octanol–water partition coefficient (Wildman–Crippen LogP) is -0.876. The summed E-state index contributed by atoms with van der Waals surface area (Å²) in [5.41, 5.74) is 6.83. The van der Waals surface area contributed by atoms with Crippen LogP contribution in [0.4, 0.5) is 0 Å². The Balaban J connectivity index is 2.40. The molecular weight excluding hydrogens is 172 g/mol. The number of amidine groups is 1. The van der Waals surface area contributed by atoms with Gasteiger partial charge in [0.2, 0.25) is 0 Å². The second kappa shape index (κ2) is 2.58. The molecule has 0 aliphatic carbocycles. The number of nitrogens with zero attached hydrogens (tertiary/aromatic N) is 2. The SMILES string of the molecule is NC1=N[C@@H](C(=O)O)Cc2[nH]cnc21. The Morgan fingerprint density at radius 2 is 2.54 bits per heavy atom. The number of nitrogens with one attached hydrogen (secondary N) is 1. The second-order valence-corrected chi connectivity index (χ2v) is 2.80. The van der Waals surface area contributed by atoms with Crippen LogP contribution in [0.5, 0.6) is 0 Å². The fraction of sp³-hybridized carbons (Fsp3) is 0.286. The molecule has 0 bridgehead atoms. The molecule has 0 saturated heterocycles. The monoisotopic (exact) mass is 180 g/mol. The third-order valence-corrected chi connectivity index (χ3v) is 1.94. The van der Waals surface area contributed by atoms with Crippen LogP contribution in [0.15, 0.2) is 11.3 Å². The second-order valence-electron chi connectivity index (χ2n) is 2.80. The highest BCUT2D eigenvalue weighted by atomic mass is 16.4. The fourth-order valence-electron chi connectivity index (χ4n) is 1.31. The van der Waals surface area contributed by atoms with Crippen molar-refractivity contribution in [1.82, 2.24) is 9.97 Å². The van der Waals surface area contributed by atoms with Gasteiger partial charge in [0.1, 0.15) is 11.5 Å². The van der Waals surface area contributed by atoms with Gasteiger partial charge in [-0.1, -0.05) is 0 Å². The lowest BCUT2D eigenvalue weighted by atomic mass is 10.1. The number of rotatable bonds is 1. The standard InChI is InChI=1S/C7H8N4O2/c8-6-5-3(9-2-10-5)1-4(11-6)7(12)13/h2,4H,1H2,(H2,8,11)(H,9,10)(H,12,13)/t4-/m1/s1. The van der Waals surface area contributed by atoms with E-state index < -0.39 is 12.0 Å². The number of aliphatic carboxylic acids is 1. The van der Waals surface area contributed by atoms with Gasteiger partial charge in [0, 0.05) is 12.1 Å². The molecule has 0 saturated carbocycles. The lowest BCUT2D eigenvalue weighted by Gasteiger charge is -2.13. The molecule has 0 fully saturated rings. The van der Waals surface area contributed by atoms with Gasteiger partial charge in [-0.2, -0.15) is 0 Å². The summed E-state index contributed by atoms with van der Waals surface area (Å²) < 4.78 is 0. The summed E-state index contributed by atoms with van der Waals surface area (Å²) >= 11 is 0. The van der Waals surface area contributed by atoms with Crippen molar-refractivity contribution in [3.05, 3.63) is 17.7 Å². The molecule has 1 aliphatic rings. The largest absolute Gasteiger partial charge is 0.480 e. The molecular formula is C7H8N4O2. The highest BCUT2D eigenvalue weighted by Crippen LogP contribution is 2.14. The average molecular weight is 180 g/mol. The molecule has 1 atom stereocenters. The first-order valence-corrected chi connectivity index (χ1v) is 3.77. The van der Waals surface area contributed by atoms with Gasteiger partial charge in [0.25, 0.3) is 0 Å². The number of hydrogen-bond acceptors (Lipinski definition) is 4. The lowest BCUT2D eigenvalue weighted by molar-refractivity contribution is -0.138. The van der Waals surface area contributed by atoms with Crippen LogP contribution in [0.1, 0.15) is 11.4 Å². The summed E-state index contributed by atoms with van der Waals surface area (Å²) in [7, 11) is 0. The Morgan fingerprint density at radius 1 is 1.77 bits per heavy atom. The maximum atomic E-state index is 10.6. The van der Waals surface area contributed by atoms with Gasteiger partial charge in [0.05, 0.1) is 6.33 Å². The molecule has 6 nitrogen and oxygen atoms in total. The van der Waals surface area contributed by atoms with Crippen LogP contribution in [0.2, 0.25) is 0 Å². The molecule has 68 valence electrons. The van der Waals surface area contributed by atoms with E-state index in [-0.39, 0.29) is 5.84 Å². The number of fused-ring (bicyclic) bond motifs is 1. The minimum atomic E-state index is -0.969. The number of imidazole rings is 1. The van der Waals surface area contributed by atoms with Crippen LogP contribution < -0.4 is 5.73 Å². The highest BCUT2D eigenvalue weighted by Gasteiger charge is 2.26. The van der Waals surface area contributed by atoms with Gasteiger partial charge < -0.3 is 15.8 Å². The van der Waals surface area contributed by atoms with E-state index in [1.165, 1.54) is 6.33 Å². The van der Waals surface area contributed by atoms with Gasteiger partial charge in [0.15, 0.2) is 6.04 Å². The lowest BCUT2D eigenvalue weighted by Crippen LogP contribution is -2.31. The van der Waals surface area contributed by atoms with Crippen LogP contribution in [-0.4, -0.2) is 32.9 Å². The number of carbonyl (C=O) groups is 1. The smallest absolute Gasteiger partial charge is 0.328 e. The van der Waals surface area contributed by atoms with Gasteiger partial charge in [-0.25, -0.2) is 9.78 Å². The van der Waals surface area contributed by atoms with Crippen molar-refractivity contribution in [2.24, 2.45) is 10.7 Å². The Morgan fingerprint density at radius 3 is 3.23 bits per heavy atom. The molecule has 1 aromatic heterocycles. The fourth-order valence-corrected chi connectivity index (χ4v) is 1.31. The zero-order chi connectivity index (χ0) is 9.42. The van der Waals surface area contributed by atoms with Gasteiger partial charge in [-0.15, -0.1) is 0 Å². The molecule has 1 aliphatic heterocycles. The number of aromatic nitrogens is 2. The van der Waals surface area contributed by atoms with Crippen molar-refractivity contribution in [2.75, 3.05) is 0 Å². The topological polar surface area (TPSA) is 104 Å². The Kier molecular flexibility index (Phi) is 1.54. The maximum Gasteiger partial charge on any atom is 0.328 e. The molecule has 2 rings (SSSR count). The molecule has 13 heavy (non-hydrogen) atoms. The van der Waals surface area contributed by atoms with Crippen LogP contribution in [0, 0.1) is 0 Å². The number of nitrogens with two attached hydrogens (primary N) is 1. The van der Waals surface area contributed by atoms with E-state index in [9.17, 15) is 4.79 Å². The number of aliphatic imine (C=N–C) groups is 1. The van der Waals surface area contributed by atoms with E-state index in [1.807, 2.05) is 0 Å². The van der Waals surface area contributed by atoms with Gasteiger partial charge in [-0.05, 0) is 0 Å². The van der Waals surface area contributed by atoms with Crippen molar-refractivity contribution in [3.63, 3.8) is 0 Å². The third kappa shape index (κ3) is 1.16. The molecule has 0 aromatic carbocycles. The van der Waals surface area contributed by atoms with Crippen molar-refractivity contribution in [2.45, 2.75) is 12.5 Å². The summed E-state index contributed by atoms with van der Waals surface area (Å²) in [6.07, 6.45) is 1.81. The first-order chi connectivity index (χ1) is 6.18. The van der Waals surface area contributed by atoms with Crippen molar-refractivity contribution < 1.29 is 9.90 Å². The third-order valence-electron chi connectivity index (χ3n) is 1.94. The number of carboxylic acids is 1. The summed E-state index contributed by atoms with van der Waals surface area (Å²) in [4.78, 5) is 21.2. The van der Waals surface area contributed by atoms with E-state index in [4.69, 9.17) is 10.8 Å². The van der Waals surface area contributed by atoms with Crippen molar-refractivity contribution in [3.8, 4) is 0 Å². The number of H-pyrrole nitrogens is 1. The van der Waals surface area contributed by atoms with Crippen molar-refractivity contribution >= 4 is 11.8 Å². The van der Waals surface area contributed by atoms with Crippen LogP contribution >= 0.6 is 0 Å². The van der Waals surface area contributed by atoms with Crippen LogP contribution in [0.25, 0.3) is 0 Å². The van der Waals surface area contributed by atoms with Gasteiger partial charge in [-0.3, -0.25) is 4.99 Å². The Labute approximate surface area is 73.5 Å². The molecule has 0 amide bonds. The zero-order valence-electron chi connectivity index (χ0n) is 6.69.